The van der Waals surface area contributed by atoms with E-state index in [4.69, 9.17) is 32.6 Å². The first kappa shape index (κ1) is 20.0. The number of amides is 1. The summed E-state index contributed by atoms with van der Waals surface area (Å²) >= 11 is 12.7. The Bertz CT molecular complexity index is 1020. The van der Waals surface area contributed by atoms with Crippen LogP contribution in [-0.4, -0.2) is 28.5 Å². The van der Waals surface area contributed by atoms with Crippen LogP contribution in [0.4, 0.5) is 5.82 Å². The SMILES string of the molecule is CCc1nc(N(CCC(=O)NC2CC2)Cc2ccco2)c2cc(Cl)cc(Cl)c2n1. The van der Waals surface area contributed by atoms with Gasteiger partial charge in [0.1, 0.15) is 17.4 Å². The molecule has 1 N–H and O–H groups in total. The molecule has 0 spiro atoms. The van der Waals surface area contributed by atoms with Crippen LogP contribution in [0.2, 0.25) is 10.0 Å². The third kappa shape index (κ3) is 4.82. The zero-order valence-electron chi connectivity index (χ0n) is 16.1. The second kappa shape index (κ2) is 8.59. The van der Waals surface area contributed by atoms with E-state index < -0.39 is 0 Å². The Hall–Kier alpha value is -2.31. The van der Waals surface area contributed by atoms with Crippen molar-refractivity contribution in [3.63, 3.8) is 0 Å². The molecular weight excluding hydrogens is 411 g/mol. The summed E-state index contributed by atoms with van der Waals surface area (Å²) in [5.41, 5.74) is 0.657. The molecule has 8 heteroatoms. The van der Waals surface area contributed by atoms with E-state index in [0.29, 0.717) is 59.2 Å². The minimum absolute atomic E-state index is 0.0436. The zero-order valence-corrected chi connectivity index (χ0v) is 17.6. The smallest absolute Gasteiger partial charge is 0.221 e. The Kier molecular flexibility index (Phi) is 5.92. The van der Waals surface area contributed by atoms with Crippen molar-refractivity contribution in [2.45, 2.75) is 45.2 Å². The van der Waals surface area contributed by atoms with Gasteiger partial charge in [-0.3, -0.25) is 4.79 Å². The van der Waals surface area contributed by atoms with Crippen LogP contribution in [0, 0.1) is 0 Å². The van der Waals surface area contributed by atoms with Crippen LogP contribution in [0.15, 0.2) is 34.9 Å². The highest BCUT2D eigenvalue weighted by Gasteiger charge is 2.24. The highest BCUT2D eigenvalue weighted by Crippen LogP contribution is 2.33. The Morgan fingerprint density at radius 1 is 1.31 bits per heavy atom. The van der Waals surface area contributed by atoms with Gasteiger partial charge in [-0.05, 0) is 37.1 Å². The molecule has 1 aliphatic rings. The fourth-order valence-corrected chi connectivity index (χ4v) is 3.74. The van der Waals surface area contributed by atoms with Gasteiger partial charge in [-0.2, -0.15) is 0 Å². The van der Waals surface area contributed by atoms with Crippen molar-refractivity contribution in [2.24, 2.45) is 0 Å². The average molecular weight is 433 g/mol. The number of furan rings is 1. The summed E-state index contributed by atoms with van der Waals surface area (Å²) in [5, 5.41) is 4.79. The minimum Gasteiger partial charge on any atom is -0.467 e. The Labute approximate surface area is 179 Å². The summed E-state index contributed by atoms with van der Waals surface area (Å²) in [5.74, 6) is 2.21. The molecule has 1 fully saturated rings. The molecule has 0 aliphatic heterocycles. The van der Waals surface area contributed by atoms with Crippen molar-refractivity contribution in [2.75, 3.05) is 11.4 Å². The first-order valence-electron chi connectivity index (χ1n) is 9.76. The number of halogens is 2. The number of aromatic nitrogens is 2. The summed E-state index contributed by atoms with van der Waals surface area (Å²) in [4.78, 5) is 23.7. The maximum atomic E-state index is 12.3. The van der Waals surface area contributed by atoms with Crippen molar-refractivity contribution >= 4 is 45.8 Å². The number of anilines is 1. The molecule has 0 saturated heterocycles. The van der Waals surface area contributed by atoms with Crippen LogP contribution in [0.25, 0.3) is 10.9 Å². The van der Waals surface area contributed by atoms with Crippen LogP contribution in [0.3, 0.4) is 0 Å². The molecule has 0 bridgehead atoms. The van der Waals surface area contributed by atoms with Crippen LogP contribution in [0.1, 0.15) is 37.8 Å². The molecule has 1 aliphatic carbocycles. The lowest BCUT2D eigenvalue weighted by molar-refractivity contribution is -0.121. The summed E-state index contributed by atoms with van der Waals surface area (Å²) in [7, 11) is 0. The van der Waals surface area contributed by atoms with E-state index in [1.165, 1.54) is 0 Å². The van der Waals surface area contributed by atoms with E-state index in [0.717, 1.165) is 24.0 Å². The van der Waals surface area contributed by atoms with Crippen molar-refractivity contribution < 1.29 is 9.21 Å². The molecule has 0 unspecified atom stereocenters. The van der Waals surface area contributed by atoms with Gasteiger partial charge in [-0.1, -0.05) is 30.1 Å². The topological polar surface area (TPSA) is 71.3 Å². The fourth-order valence-electron chi connectivity index (χ4n) is 3.20. The normalized spacial score (nSPS) is 13.6. The van der Waals surface area contributed by atoms with Gasteiger partial charge >= 0.3 is 0 Å². The van der Waals surface area contributed by atoms with E-state index >= 15 is 0 Å². The number of carbonyl (C=O) groups is 1. The third-order valence-electron chi connectivity index (χ3n) is 4.84. The first-order chi connectivity index (χ1) is 14.0. The maximum absolute atomic E-state index is 12.3. The lowest BCUT2D eigenvalue weighted by Crippen LogP contribution is -2.32. The number of hydrogen-bond acceptors (Lipinski definition) is 5. The number of nitrogens with zero attached hydrogens (tertiary/aromatic N) is 3. The molecule has 4 rings (SSSR count). The molecule has 152 valence electrons. The van der Waals surface area contributed by atoms with Crippen molar-refractivity contribution in [1.82, 2.24) is 15.3 Å². The Morgan fingerprint density at radius 2 is 2.14 bits per heavy atom. The molecule has 1 aromatic carbocycles. The average Bonchev–Trinajstić information content (AvgIpc) is 3.35. The van der Waals surface area contributed by atoms with Gasteiger partial charge in [0.05, 0.1) is 23.3 Å². The number of benzene rings is 1. The monoisotopic (exact) mass is 432 g/mol. The van der Waals surface area contributed by atoms with Crippen molar-refractivity contribution in [1.29, 1.82) is 0 Å². The second-order valence-electron chi connectivity index (χ2n) is 7.19. The first-order valence-corrected chi connectivity index (χ1v) is 10.5. The number of fused-ring (bicyclic) bond motifs is 1. The number of aryl methyl sites for hydroxylation is 1. The largest absolute Gasteiger partial charge is 0.467 e. The maximum Gasteiger partial charge on any atom is 0.221 e. The standard InChI is InChI=1S/C21H22Cl2N4O2/c1-2-18-25-20-16(10-13(22)11-17(20)23)21(26-18)27(12-15-4-3-9-29-15)8-7-19(28)24-14-5-6-14/h3-4,9-11,14H,2,5-8,12H2,1H3,(H,24,28). The quantitative estimate of drug-likeness (QED) is 0.554. The van der Waals surface area contributed by atoms with Gasteiger partial charge < -0.3 is 14.6 Å². The van der Waals surface area contributed by atoms with E-state index in [2.05, 4.69) is 10.3 Å². The zero-order chi connectivity index (χ0) is 20.4. The summed E-state index contributed by atoms with van der Waals surface area (Å²) in [6.45, 7) is 2.95. The molecule has 2 aromatic heterocycles. The molecule has 6 nitrogen and oxygen atoms in total. The van der Waals surface area contributed by atoms with Gasteiger partial charge in [-0.25, -0.2) is 9.97 Å². The number of rotatable bonds is 8. The number of hydrogen-bond donors (Lipinski definition) is 1. The molecule has 1 amide bonds. The third-order valence-corrected chi connectivity index (χ3v) is 5.35. The second-order valence-corrected chi connectivity index (χ2v) is 8.04. The van der Waals surface area contributed by atoms with E-state index in [-0.39, 0.29) is 5.91 Å². The van der Waals surface area contributed by atoms with Crippen LogP contribution >= 0.6 is 23.2 Å². The molecule has 29 heavy (non-hydrogen) atoms. The van der Waals surface area contributed by atoms with Crippen LogP contribution < -0.4 is 10.2 Å². The minimum atomic E-state index is 0.0436. The summed E-state index contributed by atoms with van der Waals surface area (Å²) in [6, 6.07) is 7.58. The van der Waals surface area contributed by atoms with E-state index in [9.17, 15) is 4.79 Å². The molecular formula is C21H22Cl2N4O2. The van der Waals surface area contributed by atoms with Crippen molar-refractivity contribution in [3.05, 3.63) is 52.2 Å². The van der Waals surface area contributed by atoms with E-state index in [1.807, 2.05) is 30.0 Å². The van der Waals surface area contributed by atoms with Gasteiger partial charge in [0, 0.05) is 35.8 Å². The van der Waals surface area contributed by atoms with Gasteiger partial charge in [0.2, 0.25) is 5.91 Å². The van der Waals surface area contributed by atoms with E-state index in [1.54, 1.807) is 12.3 Å². The van der Waals surface area contributed by atoms with Gasteiger partial charge in [0.25, 0.3) is 0 Å². The summed E-state index contributed by atoms with van der Waals surface area (Å²) in [6.07, 6.45) is 4.79. The number of nitrogens with one attached hydrogen (secondary N) is 1. The Balaban J connectivity index is 1.71. The lowest BCUT2D eigenvalue weighted by atomic mass is 10.2. The van der Waals surface area contributed by atoms with Gasteiger partial charge in [0.15, 0.2) is 0 Å². The summed E-state index contributed by atoms with van der Waals surface area (Å²) < 4.78 is 5.55. The molecule has 1 saturated carbocycles. The molecule has 0 atom stereocenters. The predicted molar refractivity (Wildman–Crippen MR) is 114 cm³/mol. The Morgan fingerprint density at radius 3 is 2.83 bits per heavy atom. The molecule has 2 heterocycles. The molecule has 3 aromatic rings. The lowest BCUT2D eigenvalue weighted by Gasteiger charge is -2.24. The predicted octanol–water partition coefficient (Wildman–Crippen LogP) is 4.77. The fraction of sp³-hybridized carbons (Fsp3) is 0.381. The van der Waals surface area contributed by atoms with Crippen LogP contribution in [-0.2, 0) is 17.8 Å². The van der Waals surface area contributed by atoms with Gasteiger partial charge in [-0.15, -0.1) is 0 Å². The van der Waals surface area contributed by atoms with Crippen molar-refractivity contribution in [3.8, 4) is 0 Å². The molecule has 0 radical (unpaired) electrons. The number of carbonyl (C=O) groups excluding carboxylic acids is 1. The highest BCUT2D eigenvalue weighted by molar-refractivity contribution is 6.38. The highest BCUT2D eigenvalue weighted by atomic mass is 35.5. The van der Waals surface area contributed by atoms with Crippen LogP contribution in [0.5, 0.6) is 0 Å².